The monoisotopic (exact) mass is 256 g/mol. The Kier molecular flexibility index (Phi) is 3.15. The number of nitrogens with zero attached hydrogens (tertiary/aromatic N) is 3. The van der Waals surface area contributed by atoms with E-state index in [0.29, 0.717) is 0 Å². The topological polar surface area (TPSA) is 47.1 Å². The van der Waals surface area contributed by atoms with Crippen molar-refractivity contribution in [3.8, 4) is 0 Å². The summed E-state index contributed by atoms with van der Waals surface area (Å²) in [6, 6.07) is 8.33. The van der Waals surface area contributed by atoms with Gasteiger partial charge in [0, 0.05) is 49.8 Å². The van der Waals surface area contributed by atoms with E-state index < -0.39 is 0 Å². The highest BCUT2D eigenvalue weighted by Gasteiger charge is 2.18. The van der Waals surface area contributed by atoms with Crippen molar-refractivity contribution in [3.05, 3.63) is 41.7 Å². The summed E-state index contributed by atoms with van der Waals surface area (Å²) in [6.45, 7) is 2.14. The summed E-state index contributed by atoms with van der Waals surface area (Å²) < 4.78 is 1.95. The maximum absolute atomic E-state index is 6.08. The molecule has 4 heteroatoms. The first-order valence-corrected chi connectivity index (χ1v) is 6.85. The van der Waals surface area contributed by atoms with Crippen molar-refractivity contribution in [2.45, 2.75) is 19.3 Å². The van der Waals surface area contributed by atoms with Crippen molar-refractivity contribution in [2.75, 3.05) is 23.7 Å². The molecule has 1 aliphatic heterocycles. The molecule has 4 nitrogen and oxygen atoms in total. The Labute approximate surface area is 113 Å². The third-order valence-electron chi connectivity index (χ3n) is 3.94. The predicted octanol–water partition coefficient (Wildman–Crippen LogP) is 2.00. The second-order valence-corrected chi connectivity index (χ2v) is 5.13. The summed E-state index contributed by atoms with van der Waals surface area (Å²) in [6.07, 6.45) is 5.17. The van der Waals surface area contributed by atoms with Gasteiger partial charge >= 0.3 is 0 Å². The van der Waals surface area contributed by atoms with Gasteiger partial charge in [0.25, 0.3) is 0 Å². The number of aryl methyl sites for hydroxylation is 1. The molecule has 0 radical (unpaired) electrons. The largest absolute Gasteiger partial charge is 0.398 e. The van der Waals surface area contributed by atoms with Crippen molar-refractivity contribution < 1.29 is 0 Å². The van der Waals surface area contributed by atoms with Crippen LogP contribution in [0.4, 0.5) is 11.4 Å². The van der Waals surface area contributed by atoms with Gasteiger partial charge in [0.15, 0.2) is 0 Å². The molecule has 0 saturated heterocycles. The smallest absolute Gasteiger partial charge is 0.0492 e. The lowest BCUT2D eigenvalue weighted by Crippen LogP contribution is -2.32. The number of aromatic nitrogens is 2. The maximum Gasteiger partial charge on any atom is 0.0492 e. The van der Waals surface area contributed by atoms with Gasteiger partial charge in [-0.1, -0.05) is 6.07 Å². The van der Waals surface area contributed by atoms with Crippen LogP contribution in [0.25, 0.3) is 0 Å². The minimum absolute atomic E-state index is 0.933. The lowest BCUT2D eigenvalue weighted by Gasteiger charge is -2.32. The molecule has 1 aromatic carbocycles. The van der Waals surface area contributed by atoms with Gasteiger partial charge in [-0.3, -0.25) is 4.68 Å². The van der Waals surface area contributed by atoms with E-state index in [2.05, 4.69) is 28.2 Å². The standard InChI is InChI=1S/C15H20N4/c1-18-12(7-9-17-18)8-11-19-10-3-4-13-14(16)5-2-6-15(13)19/h2,5-7,9H,3-4,8,10-11,16H2,1H3. The molecule has 2 aromatic rings. The maximum atomic E-state index is 6.08. The van der Waals surface area contributed by atoms with Crippen LogP contribution in [0, 0.1) is 0 Å². The Morgan fingerprint density at radius 3 is 3.00 bits per heavy atom. The van der Waals surface area contributed by atoms with Gasteiger partial charge in [0.05, 0.1) is 0 Å². The number of hydrogen-bond donors (Lipinski definition) is 1. The van der Waals surface area contributed by atoms with Crippen molar-refractivity contribution >= 4 is 11.4 Å². The molecule has 0 amide bonds. The summed E-state index contributed by atoms with van der Waals surface area (Å²) in [5, 5.41) is 4.22. The van der Waals surface area contributed by atoms with E-state index in [1.54, 1.807) is 0 Å². The second kappa shape index (κ2) is 4.96. The number of hydrogen-bond acceptors (Lipinski definition) is 3. The molecule has 2 heterocycles. The van der Waals surface area contributed by atoms with Crippen LogP contribution in [-0.2, 0) is 19.9 Å². The Morgan fingerprint density at radius 1 is 1.32 bits per heavy atom. The average Bonchev–Trinajstić information content (AvgIpc) is 2.82. The molecule has 0 fully saturated rings. The van der Waals surface area contributed by atoms with Crippen LogP contribution in [0.2, 0.25) is 0 Å². The van der Waals surface area contributed by atoms with Gasteiger partial charge < -0.3 is 10.6 Å². The number of fused-ring (bicyclic) bond motifs is 1. The van der Waals surface area contributed by atoms with Crippen molar-refractivity contribution in [2.24, 2.45) is 7.05 Å². The Morgan fingerprint density at radius 2 is 2.21 bits per heavy atom. The molecular weight excluding hydrogens is 236 g/mol. The van der Waals surface area contributed by atoms with Gasteiger partial charge in [-0.15, -0.1) is 0 Å². The summed E-state index contributed by atoms with van der Waals surface area (Å²) in [5.74, 6) is 0. The molecule has 19 heavy (non-hydrogen) atoms. The highest BCUT2D eigenvalue weighted by molar-refractivity contribution is 5.66. The van der Waals surface area contributed by atoms with E-state index in [1.807, 2.05) is 24.0 Å². The molecular formula is C15H20N4. The van der Waals surface area contributed by atoms with E-state index in [4.69, 9.17) is 5.73 Å². The summed E-state index contributed by atoms with van der Waals surface area (Å²) in [4.78, 5) is 2.45. The molecule has 3 rings (SSSR count). The minimum Gasteiger partial charge on any atom is -0.398 e. The Balaban J connectivity index is 1.77. The molecule has 0 aliphatic carbocycles. The van der Waals surface area contributed by atoms with Crippen LogP contribution in [0.1, 0.15) is 17.7 Å². The molecule has 0 atom stereocenters. The molecule has 1 aliphatic rings. The molecule has 100 valence electrons. The number of nitrogen functional groups attached to an aromatic ring is 1. The van der Waals surface area contributed by atoms with Crippen LogP contribution in [0.5, 0.6) is 0 Å². The first-order valence-electron chi connectivity index (χ1n) is 6.85. The molecule has 1 aromatic heterocycles. The van der Waals surface area contributed by atoms with Crippen molar-refractivity contribution in [3.63, 3.8) is 0 Å². The zero-order valence-electron chi connectivity index (χ0n) is 11.3. The number of anilines is 2. The lowest BCUT2D eigenvalue weighted by molar-refractivity contribution is 0.656. The quantitative estimate of drug-likeness (QED) is 0.854. The van der Waals surface area contributed by atoms with Crippen LogP contribution < -0.4 is 10.6 Å². The van der Waals surface area contributed by atoms with Crippen LogP contribution in [0.15, 0.2) is 30.5 Å². The third kappa shape index (κ3) is 2.30. The molecule has 0 unspecified atom stereocenters. The summed E-state index contributed by atoms with van der Waals surface area (Å²) >= 11 is 0. The van der Waals surface area contributed by atoms with Gasteiger partial charge in [0.2, 0.25) is 0 Å². The van der Waals surface area contributed by atoms with Gasteiger partial charge in [-0.05, 0) is 36.6 Å². The zero-order chi connectivity index (χ0) is 13.2. The normalized spacial score (nSPS) is 14.5. The van der Waals surface area contributed by atoms with Crippen LogP contribution in [-0.4, -0.2) is 22.9 Å². The second-order valence-electron chi connectivity index (χ2n) is 5.13. The van der Waals surface area contributed by atoms with E-state index >= 15 is 0 Å². The third-order valence-corrected chi connectivity index (χ3v) is 3.94. The predicted molar refractivity (Wildman–Crippen MR) is 78.3 cm³/mol. The molecule has 0 bridgehead atoms. The Hall–Kier alpha value is -1.97. The highest BCUT2D eigenvalue weighted by atomic mass is 15.3. The lowest BCUT2D eigenvalue weighted by atomic mass is 9.99. The highest BCUT2D eigenvalue weighted by Crippen LogP contribution is 2.31. The number of benzene rings is 1. The molecule has 2 N–H and O–H groups in total. The summed E-state index contributed by atoms with van der Waals surface area (Å²) in [5.41, 5.74) is 10.9. The Bertz CT molecular complexity index is 573. The van der Waals surface area contributed by atoms with Gasteiger partial charge in [0.1, 0.15) is 0 Å². The van der Waals surface area contributed by atoms with E-state index in [1.165, 1.54) is 23.4 Å². The van der Waals surface area contributed by atoms with Crippen LogP contribution in [0.3, 0.4) is 0 Å². The fourth-order valence-corrected chi connectivity index (χ4v) is 2.86. The van der Waals surface area contributed by atoms with E-state index in [-0.39, 0.29) is 0 Å². The van der Waals surface area contributed by atoms with Gasteiger partial charge in [-0.2, -0.15) is 5.10 Å². The van der Waals surface area contributed by atoms with Crippen LogP contribution >= 0.6 is 0 Å². The first kappa shape index (κ1) is 12.1. The molecule has 0 saturated carbocycles. The summed E-state index contributed by atoms with van der Waals surface area (Å²) in [7, 11) is 2.00. The number of nitrogens with two attached hydrogens (primary N) is 1. The van der Waals surface area contributed by atoms with Crippen molar-refractivity contribution in [1.82, 2.24) is 9.78 Å². The fraction of sp³-hybridized carbons (Fsp3) is 0.400. The number of rotatable bonds is 3. The van der Waals surface area contributed by atoms with Crippen molar-refractivity contribution in [1.29, 1.82) is 0 Å². The van der Waals surface area contributed by atoms with E-state index in [0.717, 1.165) is 31.6 Å². The first-order chi connectivity index (χ1) is 9.25. The fourth-order valence-electron chi connectivity index (χ4n) is 2.86. The van der Waals surface area contributed by atoms with E-state index in [9.17, 15) is 0 Å². The molecule has 0 spiro atoms. The van der Waals surface area contributed by atoms with Gasteiger partial charge in [-0.25, -0.2) is 0 Å². The SMILES string of the molecule is Cn1nccc1CCN1CCCc2c(N)cccc21. The minimum atomic E-state index is 0.933. The zero-order valence-corrected chi connectivity index (χ0v) is 11.3. The average molecular weight is 256 g/mol.